The van der Waals surface area contributed by atoms with Crippen LogP contribution in [0.5, 0.6) is 5.88 Å². The molecule has 0 saturated carbocycles. The van der Waals surface area contributed by atoms with Crippen LogP contribution in [0.25, 0.3) is 0 Å². The van der Waals surface area contributed by atoms with Crippen LogP contribution in [0.15, 0.2) is 12.4 Å². The van der Waals surface area contributed by atoms with Gasteiger partial charge in [0.2, 0.25) is 5.88 Å². The number of nitrogens with one attached hydrogen (secondary N) is 1. The summed E-state index contributed by atoms with van der Waals surface area (Å²) in [4.78, 5) is 8.22. The second-order valence-electron chi connectivity index (χ2n) is 4.21. The maximum atomic E-state index is 5.64. The van der Waals surface area contributed by atoms with Crippen molar-refractivity contribution >= 4 is 5.82 Å². The number of anilines is 1. The van der Waals surface area contributed by atoms with Gasteiger partial charge in [0.05, 0.1) is 13.2 Å². The van der Waals surface area contributed by atoms with Crippen molar-refractivity contribution in [3.63, 3.8) is 0 Å². The SMILES string of the molecule is CCCNc1cc(OCC2CCOC2)ncn1. The molecule has 1 fully saturated rings. The van der Waals surface area contributed by atoms with E-state index in [2.05, 4.69) is 22.2 Å². The first-order valence-corrected chi connectivity index (χ1v) is 6.15. The van der Waals surface area contributed by atoms with Crippen molar-refractivity contribution in [2.75, 3.05) is 31.7 Å². The number of ether oxygens (including phenoxy) is 2. The largest absolute Gasteiger partial charge is 0.477 e. The molecule has 5 heteroatoms. The molecule has 94 valence electrons. The first kappa shape index (κ1) is 12.1. The second-order valence-corrected chi connectivity index (χ2v) is 4.21. The molecule has 1 atom stereocenters. The third-order valence-electron chi connectivity index (χ3n) is 2.69. The monoisotopic (exact) mass is 237 g/mol. The minimum absolute atomic E-state index is 0.497. The van der Waals surface area contributed by atoms with Gasteiger partial charge in [0.1, 0.15) is 12.1 Å². The van der Waals surface area contributed by atoms with E-state index in [0.29, 0.717) is 18.4 Å². The predicted octanol–water partition coefficient (Wildman–Crippen LogP) is 1.71. The summed E-state index contributed by atoms with van der Waals surface area (Å²) in [5.74, 6) is 1.95. The minimum atomic E-state index is 0.497. The highest BCUT2D eigenvalue weighted by Crippen LogP contribution is 2.16. The lowest BCUT2D eigenvalue weighted by Gasteiger charge is -2.10. The quantitative estimate of drug-likeness (QED) is 0.816. The summed E-state index contributed by atoms with van der Waals surface area (Å²) in [6, 6.07) is 1.84. The summed E-state index contributed by atoms with van der Waals surface area (Å²) in [6.07, 6.45) is 3.67. The first-order chi connectivity index (χ1) is 8.38. The maximum Gasteiger partial charge on any atom is 0.218 e. The fourth-order valence-corrected chi connectivity index (χ4v) is 1.69. The van der Waals surface area contributed by atoms with Crippen molar-refractivity contribution in [1.29, 1.82) is 0 Å². The second kappa shape index (κ2) is 6.39. The lowest BCUT2D eigenvalue weighted by molar-refractivity contribution is 0.165. The van der Waals surface area contributed by atoms with Crippen molar-refractivity contribution in [2.45, 2.75) is 19.8 Å². The van der Waals surface area contributed by atoms with Crippen molar-refractivity contribution in [2.24, 2.45) is 5.92 Å². The summed E-state index contributed by atoms with van der Waals surface area (Å²) in [5.41, 5.74) is 0. The smallest absolute Gasteiger partial charge is 0.218 e. The van der Waals surface area contributed by atoms with Crippen LogP contribution in [0.4, 0.5) is 5.82 Å². The fraction of sp³-hybridized carbons (Fsp3) is 0.667. The van der Waals surface area contributed by atoms with E-state index in [0.717, 1.165) is 38.4 Å². The van der Waals surface area contributed by atoms with Crippen LogP contribution in [0, 0.1) is 5.92 Å². The topological polar surface area (TPSA) is 56.3 Å². The number of rotatable bonds is 6. The zero-order valence-electron chi connectivity index (χ0n) is 10.2. The van der Waals surface area contributed by atoms with E-state index in [1.165, 1.54) is 6.33 Å². The number of hydrogen-bond donors (Lipinski definition) is 1. The van der Waals surface area contributed by atoms with E-state index in [4.69, 9.17) is 9.47 Å². The van der Waals surface area contributed by atoms with Crippen LogP contribution in [0.2, 0.25) is 0 Å². The number of aromatic nitrogens is 2. The Hall–Kier alpha value is -1.36. The van der Waals surface area contributed by atoms with Gasteiger partial charge in [0, 0.05) is 25.1 Å². The maximum absolute atomic E-state index is 5.64. The molecule has 0 aromatic carbocycles. The van der Waals surface area contributed by atoms with Crippen LogP contribution >= 0.6 is 0 Å². The first-order valence-electron chi connectivity index (χ1n) is 6.15. The molecule has 1 aromatic rings. The van der Waals surface area contributed by atoms with Crippen LogP contribution in [-0.2, 0) is 4.74 Å². The molecule has 0 amide bonds. The Morgan fingerprint density at radius 3 is 3.24 bits per heavy atom. The minimum Gasteiger partial charge on any atom is -0.477 e. The fourth-order valence-electron chi connectivity index (χ4n) is 1.69. The zero-order valence-corrected chi connectivity index (χ0v) is 10.2. The summed E-state index contributed by atoms with van der Waals surface area (Å²) >= 11 is 0. The van der Waals surface area contributed by atoms with Crippen molar-refractivity contribution in [1.82, 2.24) is 9.97 Å². The Bertz CT molecular complexity index is 340. The molecule has 2 heterocycles. The zero-order chi connectivity index (χ0) is 11.9. The number of nitrogens with zero attached hydrogens (tertiary/aromatic N) is 2. The van der Waals surface area contributed by atoms with Crippen molar-refractivity contribution in [3.8, 4) is 5.88 Å². The summed E-state index contributed by atoms with van der Waals surface area (Å²) in [7, 11) is 0. The molecule has 17 heavy (non-hydrogen) atoms. The van der Waals surface area contributed by atoms with E-state index < -0.39 is 0 Å². The Balaban J connectivity index is 1.82. The Morgan fingerprint density at radius 1 is 1.53 bits per heavy atom. The molecule has 2 rings (SSSR count). The number of hydrogen-bond acceptors (Lipinski definition) is 5. The Morgan fingerprint density at radius 2 is 2.47 bits per heavy atom. The normalized spacial score (nSPS) is 19.2. The average molecular weight is 237 g/mol. The highest BCUT2D eigenvalue weighted by atomic mass is 16.5. The molecule has 1 aliphatic heterocycles. The predicted molar refractivity (Wildman–Crippen MR) is 65.2 cm³/mol. The van der Waals surface area contributed by atoms with Gasteiger partial charge in [0.15, 0.2) is 0 Å². The van der Waals surface area contributed by atoms with Crippen molar-refractivity contribution < 1.29 is 9.47 Å². The van der Waals surface area contributed by atoms with Gasteiger partial charge in [-0.3, -0.25) is 0 Å². The van der Waals surface area contributed by atoms with Crippen LogP contribution < -0.4 is 10.1 Å². The van der Waals surface area contributed by atoms with Gasteiger partial charge in [-0.2, -0.15) is 0 Å². The van der Waals surface area contributed by atoms with Crippen LogP contribution in [0.1, 0.15) is 19.8 Å². The van der Waals surface area contributed by atoms with E-state index in [1.54, 1.807) is 0 Å². The molecule has 1 unspecified atom stereocenters. The van der Waals surface area contributed by atoms with Crippen LogP contribution in [0.3, 0.4) is 0 Å². The Kier molecular flexibility index (Phi) is 4.55. The lowest BCUT2D eigenvalue weighted by Crippen LogP contribution is -2.12. The molecule has 1 saturated heterocycles. The van der Waals surface area contributed by atoms with E-state index in [1.807, 2.05) is 6.07 Å². The molecule has 1 aliphatic rings. The lowest BCUT2D eigenvalue weighted by atomic mass is 10.1. The van der Waals surface area contributed by atoms with E-state index in [-0.39, 0.29) is 0 Å². The molecule has 0 radical (unpaired) electrons. The molecular weight excluding hydrogens is 218 g/mol. The highest BCUT2D eigenvalue weighted by Gasteiger charge is 2.16. The standard InChI is InChI=1S/C12H19N3O2/c1-2-4-13-11-6-12(15-9-14-11)17-8-10-3-5-16-7-10/h6,9-10H,2-5,7-8H2,1H3,(H,13,14,15). The summed E-state index contributed by atoms with van der Waals surface area (Å²) in [5, 5.41) is 3.21. The Labute approximate surface area is 102 Å². The van der Waals surface area contributed by atoms with Gasteiger partial charge in [-0.15, -0.1) is 0 Å². The van der Waals surface area contributed by atoms with Gasteiger partial charge in [-0.25, -0.2) is 9.97 Å². The third kappa shape index (κ3) is 3.85. The molecule has 1 N–H and O–H groups in total. The van der Waals surface area contributed by atoms with Gasteiger partial charge < -0.3 is 14.8 Å². The molecule has 0 aliphatic carbocycles. The average Bonchev–Trinajstić information content (AvgIpc) is 2.87. The van der Waals surface area contributed by atoms with Gasteiger partial charge in [-0.05, 0) is 12.8 Å². The molecule has 0 bridgehead atoms. The van der Waals surface area contributed by atoms with Gasteiger partial charge in [0.25, 0.3) is 0 Å². The van der Waals surface area contributed by atoms with E-state index in [9.17, 15) is 0 Å². The third-order valence-corrected chi connectivity index (χ3v) is 2.69. The summed E-state index contributed by atoms with van der Waals surface area (Å²) in [6.45, 7) is 5.34. The summed E-state index contributed by atoms with van der Waals surface area (Å²) < 4.78 is 10.9. The molecule has 5 nitrogen and oxygen atoms in total. The molecular formula is C12H19N3O2. The van der Waals surface area contributed by atoms with E-state index >= 15 is 0 Å². The highest BCUT2D eigenvalue weighted by molar-refractivity contribution is 5.36. The van der Waals surface area contributed by atoms with Crippen LogP contribution in [-0.4, -0.2) is 36.3 Å². The van der Waals surface area contributed by atoms with Gasteiger partial charge >= 0.3 is 0 Å². The molecule has 0 spiro atoms. The van der Waals surface area contributed by atoms with Gasteiger partial charge in [-0.1, -0.05) is 6.92 Å². The molecule has 1 aromatic heterocycles. The van der Waals surface area contributed by atoms with Crippen molar-refractivity contribution in [3.05, 3.63) is 12.4 Å².